The van der Waals surface area contributed by atoms with Gasteiger partial charge in [0.15, 0.2) is 0 Å². The first-order valence-corrected chi connectivity index (χ1v) is 8.40. The van der Waals surface area contributed by atoms with Crippen molar-refractivity contribution >= 4 is 10.0 Å². The number of ether oxygens (including phenoxy) is 2. The molecule has 1 aromatic carbocycles. The third-order valence-electron chi connectivity index (χ3n) is 2.53. The summed E-state index contributed by atoms with van der Waals surface area (Å²) >= 11 is 0. The fraction of sp³-hybridized carbons (Fsp3) is 0.538. The number of sulfonamides is 1. The highest BCUT2D eigenvalue weighted by Gasteiger charge is 2.06. The minimum atomic E-state index is -3.17. The van der Waals surface area contributed by atoms with Crippen molar-refractivity contribution in [2.45, 2.75) is 6.10 Å². The molecule has 0 spiro atoms. The van der Waals surface area contributed by atoms with Crippen molar-refractivity contribution < 1.29 is 23.0 Å². The summed E-state index contributed by atoms with van der Waals surface area (Å²) < 4.78 is 34.5. The van der Waals surface area contributed by atoms with Gasteiger partial charge in [-0.3, -0.25) is 0 Å². The first-order valence-electron chi connectivity index (χ1n) is 6.51. The molecular formula is C13H22N2O5S. The molecule has 1 unspecified atom stereocenters. The first kappa shape index (κ1) is 17.7. The highest BCUT2D eigenvalue weighted by Crippen LogP contribution is 2.18. The summed E-state index contributed by atoms with van der Waals surface area (Å²) in [5, 5.41) is 12.7. The molecule has 0 aliphatic heterocycles. The van der Waals surface area contributed by atoms with Crippen LogP contribution in [0.25, 0.3) is 0 Å². The predicted octanol–water partition coefficient (Wildman–Crippen LogP) is -0.426. The number of rotatable bonds is 10. The van der Waals surface area contributed by atoms with Crippen molar-refractivity contribution in [2.24, 2.45) is 0 Å². The first-order chi connectivity index (χ1) is 9.90. The molecule has 1 rings (SSSR count). The van der Waals surface area contributed by atoms with Crippen LogP contribution < -0.4 is 19.5 Å². The Balaban J connectivity index is 2.17. The van der Waals surface area contributed by atoms with Crippen molar-refractivity contribution in [2.75, 3.05) is 39.6 Å². The molecule has 120 valence electrons. The Morgan fingerprint density at radius 1 is 1.29 bits per heavy atom. The van der Waals surface area contributed by atoms with Crippen LogP contribution >= 0.6 is 0 Å². The van der Waals surface area contributed by atoms with Crippen LogP contribution in [-0.2, 0) is 10.0 Å². The van der Waals surface area contributed by atoms with E-state index in [4.69, 9.17) is 9.47 Å². The lowest BCUT2D eigenvalue weighted by Gasteiger charge is -2.13. The second-order valence-electron chi connectivity index (χ2n) is 4.51. The maximum atomic E-state index is 10.8. The molecule has 8 heteroatoms. The van der Waals surface area contributed by atoms with E-state index in [1.54, 1.807) is 31.4 Å². The molecular weight excluding hydrogens is 296 g/mol. The molecule has 0 fully saturated rings. The average molecular weight is 318 g/mol. The largest absolute Gasteiger partial charge is 0.497 e. The van der Waals surface area contributed by atoms with Crippen LogP contribution in [0.4, 0.5) is 0 Å². The van der Waals surface area contributed by atoms with E-state index in [-0.39, 0.29) is 13.2 Å². The lowest BCUT2D eigenvalue weighted by atomic mass is 10.3. The summed E-state index contributed by atoms with van der Waals surface area (Å²) in [7, 11) is -1.59. The van der Waals surface area contributed by atoms with Crippen molar-refractivity contribution in [3.8, 4) is 11.5 Å². The summed E-state index contributed by atoms with van der Waals surface area (Å²) in [5.74, 6) is 1.30. The van der Waals surface area contributed by atoms with Crippen molar-refractivity contribution in [1.29, 1.82) is 0 Å². The second kappa shape index (κ2) is 8.83. The zero-order valence-electron chi connectivity index (χ0n) is 12.2. The van der Waals surface area contributed by atoms with Gasteiger partial charge < -0.3 is 19.9 Å². The van der Waals surface area contributed by atoms with E-state index in [0.29, 0.717) is 24.6 Å². The molecule has 7 nitrogen and oxygen atoms in total. The Hall–Kier alpha value is -1.35. The van der Waals surface area contributed by atoms with Crippen LogP contribution in [0, 0.1) is 0 Å². The van der Waals surface area contributed by atoms with Crippen LogP contribution in [0.15, 0.2) is 24.3 Å². The summed E-state index contributed by atoms with van der Waals surface area (Å²) in [6, 6.07) is 7.12. The summed E-state index contributed by atoms with van der Waals surface area (Å²) in [6.45, 7) is 1.17. The number of benzene rings is 1. The van der Waals surface area contributed by atoms with Gasteiger partial charge in [-0.25, -0.2) is 13.1 Å². The van der Waals surface area contributed by atoms with Crippen LogP contribution in [0.1, 0.15) is 0 Å². The Kier molecular flexibility index (Phi) is 7.44. The maximum absolute atomic E-state index is 10.8. The Morgan fingerprint density at radius 3 is 2.67 bits per heavy atom. The molecule has 0 radical (unpaired) electrons. The quantitative estimate of drug-likeness (QED) is 0.507. The standard InChI is InChI=1S/C13H22N2O5S/c1-19-12-4-3-5-13(8-12)20-10-11(16)9-14-6-7-15-21(2,17)18/h3-5,8,11,14-16H,6-7,9-10H2,1-2H3. The fourth-order valence-corrected chi connectivity index (χ4v) is 2.01. The monoisotopic (exact) mass is 318 g/mol. The van der Waals surface area contributed by atoms with E-state index in [1.165, 1.54) is 0 Å². The van der Waals surface area contributed by atoms with Crippen molar-refractivity contribution in [1.82, 2.24) is 10.0 Å². The summed E-state index contributed by atoms with van der Waals surface area (Å²) in [6.07, 6.45) is 0.415. The number of nitrogens with one attached hydrogen (secondary N) is 2. The molecule has 0 saturated carbocycles. The molecule has 1 aromatic rings. The maximum Gasteiger partial charge on any atom is 0.208 e. The third-order valence-corrected chi connectivity index (χ3v) is 3.26. The Bertz CT molecular complexity index is 521. The highest BCUT2D eigenvalue weighted by atomic mass is 32.2. The molecule has 0 bridgehead atoms. The van der Waals surface area contributed by atoms with E-state index in [2.05, 4.69) is 10.0 Å². The normalized spacial score (nSPS) is 12.9. The minimum absolute atomic E-state index is 0.139. The van der Waals surface area contributed by atoms with Gasteiger partial charge in [0.25, 0.3) is 0 Å². The molecule has 0 aromatic heterocycles. The lowest BCUT2D eigenvalue weighted by Crippen LogP contribution is -2.36. The summed E-state index contributed by atoms with van der Waals surface area (Å²) in [5.41, 5.74) is 0. The molecule has 0 heterocycles. The van der Waals surface area contributed by atoms with Gasteiger partial charge in [-0.2, -0.15) is 0 Å². The molecule has 0 aliphatic carbocycles. The van der Waals surface area contributed by atoms with Gasteiger partial charge in [0, 0.05) is 25.7 Å². The van der Waals surface area contributed by atoms with E-state index < -0.39 is 16.1 Å². The van der Waals surface area contributed by atoms with E-state index >= 15 is 0 Å². The number of hydrogen-bond donors (Lipinski definition) is 3. The fourth-order valence-electron chi connectivity index (χ4n) is 1.54. The van der Waals surface area contributed by atoms with Gasteiger partial charge in [-0.05, 0) is 12.1 Å². The molecule has 0 amide bonds. The number of hydrogen-bond acceptors (Lipinski definition) is 6. The van der Waals surface area contributed by atoms with E-state index in [1.807, 2.05) is 0 Å². The lowest BCUT2D eigenvalue weighted by molar-refractivity contribution is 0.106. The smallest absolute Gasteiger partial charge is 0.208 e. The Labute approximate surface area is 125 Å². The number of aliphatic hydroxyl groups excluding tert-OH is 1. The van der Waals surface area contributed by atoms with Crippen molar-refractivity contribution in [3.63, 3.8) is 0 Å². The zero-order valence-corrected chi connectivity index (χ0v) is 13.0. The van der Waals surface area contributed by atoms with Gasteiger partial charge in [-0.15, -0.1) is 0 Å². The van der Waals surface area contributed by atoms with E-state index in [0.717, 1.165) is 6.26 Å². The third kappa shape index (κ3) is 8.51. The van der Waals surface area contributed by atoms with Gasteiger partial charge in [0.05, 0.1) is 13.4 Å². The molecule has 0 aliphatic rings. The molecule has 1 atom stereocenters. The van der Waals surface area contributed by atoms with Gasteiger partial charge >= 0.3 is 0 Å². The molecule has 0 saturated heterocycles. The van der Waals surface area contributed by atoms with Crippen LogP contribution in [-0.4, -0.2) is 59.2 Å². The minimum Gasteiger partial charge on any atom is -0.497 e. The number of aliphatic hydroxyl groups is 1. The van der Waals surface area contributed by atoms with Crippen molar-refractivity contribution in [3.05, 3.63) is 24.3 Å². The highest BCUT2D eigenvalue weighted by molar-refractivity contribution is 7.88. The van der Waals surface area contributed by atoms with Crippen LogP contribution in [0.2, 0.25) is 0 Å². The van der Waals surface area contributed by atoms with Gasteiger partial charge in [0.2, 0.25) is 10.0 Å². The SMILES string of the molecule is COc1cccc(OCC(O)CNCCNS(C)(=O)=O)c1. The van der Waals surface area contributed by atoms with Gasteiger partial charge in [-0.1, -0.05) is 6.07 Å². The Morgan fingerprint density at radius 2 is 2.00 bits per heavy atom. The van der Waals surface area contributed by atoms with E-state index in [9.17, 15) is 13.5 Å². The average Bonchev–Trinajstić information content (AvgIpc) is 2.44. The van der Waals surface area contributed by atoms with Gasteiger partial charge in [0.1, 0.15) is 24.2 Å². The second-order valence-corrected chi connectivity index (χ2v) is 6.35. The molecule has 3 N–H and O–H groups in total. The molecule has 21 heavy (non-hydrogen) atoms. The number of methoxy groups -OCH3 is 1. The zero-order chi connectivity index (χ0) is 15.7. The van der Waals surface area contributed by atoms with Crippen LogP contribution in [0.5, 0.6) is 11.5 Å². The topological polar surface area (TPSA) is 96.9 Å². The summed E-state index contributed by atoms with van der Waals surface area (Å²) in [4.78, 5) is 0. The predicted molar refractivity (Wildman–Crippen MR) is 80.2 cm³/mol. The van der Waals surface area contributed by atoms with Crippen LogP contribution in [0.3, 0.4) is 0 Å².